The van der Waals surface area contributed by atoms with E-state index in [-0.39, 0.29) is 11.3 Å². The monoisotopic (exact) mass is 264 g/mol. The van der Waals surface area contributed by atoms with E-state index in [1.807, 2.05) is 0 Å². The van der Waals surface area contributed by atoms with E-state index in [1.54, 1.807) is 6.07 Å². The first-order valence-corrected chi connectivity index (χ1v) is 6.33. The summed E-state index contributed by atoms with van der Waals surface area (Å²) in [7, 11) is 0. The molecule has 0 saturated carbocycles. The number of nitrogens with zero attached hydrogens (tertiary/aromatic N) is 2. The van der Waals surface area contributed by atoms with Crippen molar-refractivity contribution in [3.8, 4) is 0 Å². The van der Waals surface area contributed by atoms with E-state index in [0.29, 0.717) is 6.04 Å². The van der Waals surface area contributed by atoms with Crippen molar-refractivity contribution in [3.05, 3.63) is 33.9 Å². The predicted molar refractivity (Wildman–Crippen MR) is 70.7 cm³/mol. The van der Waals surface area contributed by atoms with Crippen LogP contribution in [0.1, 0.15) is 36.5 Å². The van der Waals surface area contributed by atoms with Crippen molar-refractivity contribution in [1.29, 1.82) is 0 Å². The number of anilines is 1. The molecule has 0 radical (unpaired) electrons. The second-order valence-corrected chi connectivity index (χ2v) is 4.66. The van der Waals surface area contributed by atoms with E-state index in [0.717, 1.165) is 31.5 Å². The van der Waals surface area contributed by atoms with Gasteiger partial charge in [-0.05, 0) is 31.4 Å². The van der Waals surface area contributed by atoms with Gasteiger partial charge in [0.25, 0.3) is 5.69 Å². The lowest BCUT2D eigenvalue weighted by Crippen LogP contribution is -2.28. The zero-order valence-corrected chi connectivity index (χ0v) is 10.7. The van der Waals surface area contributed by atoms with Crippen molar-refractivity contribution >= 4 is 17.3 Å². The summed E-state index contributed by atoms with van der Waals surface area (Å²) in [4.78, 5) is 23.4. The maximum absolute atomic E-state index is 11.1. The molecule has 1 saturated heterocycles. The zero-order chi connectivity index (χ0) is 14.0. The molecule has 1 heterocycles. The van der Waals surface area contributed by atoms with Gasteiger partial charge in [-0.3, -0.25) is 10.1 Å². The van der Waals surface area contributed by atoms with Crippen molar-refractivity contribution in [2.45, 2.75) is 32.2 Å². The van der Waals surface area contributed by atoms with Crippen LogP contribution >= 0.6 is 0 Å². The highest BCUT2D eigenvalue weighted by molar-refractivity contribution is 5.93. The van der Waals surface area contributed by atoms with E-state index in [1.165, 1.54) is 12.1 Å². The Morgan fingerprint density at radius 2 is 2.32 bits per heavy atom. The third-order valence-corrected chi connectivity index (χ3v) is 3.59. The molecule has 0 amide bonds. The molecule has 6 nitrogen and oxygen atoms in total. The molecular formula is C13H16N2O4. The number of aromatic carboxylic acids is 1. The van der Waals surface area contributed by atoms with Gasteiger partial charge in [0.2, 0.25) is 0 Å². The van der Waals surface area contributed by atoms with Crippen LogP contribution in [0.25, 0.3) is 0 Å². The van der Waals surface area contributed by atoms with E-state index in [2.05, 4.69) is 11.8 Å². The van der Waals surface area contributed by atoms with Crippen molar-refractivity contribution in [3.63, 3.8) is 0 Å². The van der Waals surface area contributed by atoms with Gasteiger partial charge in [-0.1, -0.05) is 6.92 Å². The normalized spacial score (nSPS) is 18.6. The average Bonchev–Trinajstić information content (AvgIpc) is 2.86. The largest absolute Gasteiger partial charge is 0.477 e. The molecule has 1 aromatic rings. The molecule has 0 spiro atoms. The Morgan fingerprint density at radius 1 is 1.58 bits per heavy atom. The Labute approximate surface area is 110 Å². The molecule has 19 heavy (non-hydrogen) atoms. The average molecular weight is 264 g/mol. The summed E-state index contributed by atoms with van der Waals surface area (Å²) in [5, 5.41) is 19.9. The van der Waals surface area contributed by atoms with E-state index < -0.39 is 10.9 Å². The van der Waals surface area contributed by atoms with Gasteiger partial charge >= 0.3 is 5.97 Å². The Kier molecular flexibility index (Phi) is 3.69. The first-order chi connectivity index (χ1) is 9.04. The number of hydrogen-bond donors (Lipinski definition) is 1. The minimum absolute atomic E-state index is 0.246. The van der Waals surface area contributed by atoms with Crippen LogP contribution in [0.2, 0.25) is 0 Å². The number of carbonyl (C=O) groups is 1. The van der Waals surface area contributed by atoms with Crippen LogP contribution in [0, 0.1) is 10.1 Å². The quantitative estimate of drug-likeness (QED) is 0.667. The molecular weight excluding hydrogens is 248 g/mol. The molecule has 1 aliphatic rings. The number of hydrogen-bond acceptors (Lipinski definition) is 4. The fourth-order valence-electron chi connectivity index (χ4n) is 2.63. The molecule has 0 aliphatic carbocycles. The van der Waals surface area contributed by atoms with E-state index in [9.17, 15) is 14.9 Å². The number of nitro groups is 1. The summed E-state index contributed by atoms with van der Waals surface area (Å²) < 4.78 is 0. The van der Waals surface area contributed by atoms with Gasteiger partial charge < -0.3 is 10.0 Å². The summed E-state index contributed by atoms with van der Waals surface area (Å²) in [6.07, 6.45) is 3.13. The van der Waals surface area contributed by atoms with Gasteiger partial charge in [-0.15, -0.1) is 0 Å². The molecule has 102 valence electrons. The summed E-state index contributed by atoms with van der Waals surface area (Å²) >= 11 is 0. The van der Waals surface area contributed by atoms with Crippen molar-refractivity contribution in [2.24, 2.45) is 0 Å². The standard InChI is InChI=1S/C13H16N2O4/c1-2-9-4-3-7-14(9)10-5-6-12(15(18)19)11(8-10)13(16)17/h5-6,8-9H,2-4,7H2,1H3,(H,16,17). The Bertz CT molecular complexity index is 515. The lowest BCUT2D eigenvalue weighted by atomic mass is 10.1. The zero-order valence-electron chi connectivity index (χ0n) is 10.7. The third-order valence-electron chi connectivity index (χ3n) is 3.59. The molecule has 1 aliphatic heterocycles. The molecule has 6 heteroatoms. The minimum atomic E-state index is -1.26. The van der Waals surface area contributed by atoms with Gasteiger partial charge in [-0.2, -0.15) is 0 Å². The van der Waals surface area contributed by atoms with Crippen LogP contribution in [-0.2, 0) is 0 Å². The van der Waals surface area contributed by atoms with Crippen LogP contribution in [0.3, 0.4) is 0 Å². The van der Waals surface area contributed by atoms with Crippen molar-refractivity contribution in [1.82, 2.24) is 0 Å². The number of carboxylic acid groups (broad SMARTS) is 1. The van der Waals surface area contributed by atoms with Gasteiger partial charge in [-0.25, -0.2) is 4.79 Å². The number of benzene rings is 1. The highest BCUT2D eigenvalue weighted by atomic mass is 16.6. The Hall–Kier alpha value is -2.11. The van der Waals surface area contributed by atoms with Gasteiger partial charge in [0, 0.05) is 24.3 Å². The lowest BCUT2D eigenvalue weighted by Gasteiger charge is -2.26. The number of carboxylic acids is 1. The highest BCUT2D eigenvalue weighted by Crippen LogP contribution is 2.31. The molecule has 0 bridgehead atoms. The molecule has 1 fully saturated rings. The molecule has 1 atom stereocenters. The predicted octanol–water partition coefficient (Wildman–Crippen LogP) is 2.67. The van der Waals surface area contributed by atoms with Crippen LogP contribution in [-0.4, -0.2) is 28.6 Å². The van der Waals surface area contributed by atoms with Crippen molar-refractivity contribution < 1.29 is 14.8 Å². The first kappa shape index (κ1) is 13.3. The summed E-state index contributed by atoms with van der Waals surface area (Å²) in [5.74, 6) is -1.26. The summed E-state index contributed by atoms with van der Waals surface area (Å²) in [6.45, 7) is 2.96. The topological polar surface area (TPSA) is 83.7 Å². The third kappa shape index (κ3) is 2.52. The van der Waals surface area contributed by atoms with Crippen LogP contribution in [0.15, 0.2) is 18.2 Å². The Balaban J connectivity index is 2.40. The van der Waals surface area contributed by atoms with Gasteiger partial charge in [0.15, 0.2) is 0 Å². The Morgan fingerprint density at radius 3 is 2.89 bits per heavy atom. The molecule has 1 unspecified atom stereocenters. The first-order valence-electron chi connectivity index (χ1n) is 6.33. The summed E-state index contributed by atoms with van der Waals surface area (Å²) in [5.41, 5.74) is 0.153. The second kappa shape index (κ2) is 5.26. The summed E-state index contributed by atoms with van der Waals surface area (Å²) in [6, 6.07) is 4.72. The SMILES string of the molecule is CCC1CCCN1c1ccc([N+](=O)[O-])c(C(=O)O)c1. The smallest absolute Gasteiger partial charge is 0.342 e. The fraction of sp³-hybridized carbons (Fsp3) is 0.462. The molecule has 2 rings (SSSR count). The fourth-order valence-corrected chi connectivity index (χ4v) is 2.63. The van der Waals surface area contributed by atoms with Gasteiger partial charge in [0.1, 0.15) is 5.56 Å². The van der Waals surface area contributed by atoms with Gasteiger partial charge in [0.05, 0.1) is 4.92 Å². The maximum atomic E-state index is 11.1. The number of nitro benzene ring substituents is 1. The van der Waals surface area contributed by atoms with Crippen LogP contribution in [0.5, 0.6) is 0 Å². The van der Waals surface area contributed by atoms with E-state index in [4.69, 9.17) is 5.11 Å². The lowest BCUT2D eigenvalue weighted by molar-refractivity contribution is -0.385. The highest BCUT2D eigenvalue weighted by Gasteiger charge is 2.26. The van der Waals surface area contributed by atoms with Crippen LogP contribution < -0.4 is 4.90 Å². The minimum Gasteiger partial charge on any atom is -0.477 e. The molecule has 1 aromatic carbocycles. The van der Waals surface area contributed by atoms with Crippen LogP contribution in [0.4, 0.5) is 11.4 Å². The van der Waals surface area contributed by atoms with E-state index >= 15 is 0 Å². The number of rotatable bonds is 4. The maximum Gasteiger partial charge on any atom is 0.342 e. The molecule has 1 N–H and O–H groups in total. The van der Waals surface area contributed by atoms with Crippen molar-refractivity contribution in [2.75, 3.05) is 11.4 Å². The second-order valence-electron chi connectivity index (χ2n) is 4.66. The molecule has 0 aromatic heterocycles.